The zero-order valence-electron chi connectivity index (χ0n) is 15.6. The number of likely N-dealkylation sites (N-methyl/N-ethyl adjacent to an activating group) is 1. The molecule has 0 aromatic heterocycles. The Balaban J connectivity index is 0.00000312. The summed E-state index contributed by atoms with van der Waals surface area (Å²) in [5.74, 6) is 1.12. The van der Waals surface area contributed by atoms with E-state index in [1.165, 1.54) is 32.1 Å². The maximum absolute atomic E-state index is 12.2. The molecule has 6 heteroatoms. The molecule has 2 rings (SSSR count). The fourth-order valence-corrected chi connectivity index (χ4v) is 4.04. The molecule has 0 unspecified atom stereocenters. The summed E-state index contributed by atoms with van der Waals surface area (Å²) in [6, 6.07) is 0.270. The number of carbonyl (C=O) groups is 2. The Hall–Kier alpha value is -0.810. The van der Waals surface area contributed by atoms with E-state index in [9.17, 15) is 9.59 Å². The first-order valence-corrected chi connectivity index (χ1v) is 9.96. The van der Waals surface area contributed by atoms with Crippen LogP contribution in [0, 0.1) is 11.8 Å². The number of rotatable bonds is 8. The van der Waals surface area contributed by atoms with Crippen molar-refractivity contribution < 1.29 is 9.59 Å². The Kier molecular flexibility index (Phi) is 11.1. The Morgan fingerprint density at radius 2 is 1.60 bits per heavy atom. The van der Waals surface area contributed by atoms with Crippen LogP contribution in [0.5, 0.6) is 0 Å². The topological polar surface area (TPSA) is 70.2 Å². The summed E-state index contributed by atoms with van der Waals surface area (Å²) in [6.45, 7) is 4.52. The van der Waals surface area contributed by atoms with Gasteiger partial charge in [-0.15, -0.1) is 12.4 Å². The SMILES string of the molecule is CCNCCNC(=O)C1CCC(NC(=O)CC2CCCCC2)CC1.Cl. The highest BCUT2D eigenvalue weighted by atomic mass is 35.5. The van der Waals surface area contributed by atoms with E-state index in [4.69, 9.17) is 0 Å². The molecule has 0 radical (unpaired) electrons. The molecule has 5 nitrogen and oxygen atoms in total. The van der Waals surface area contributed by atoms with Crippen LogP contribution in [0.2, 0.25) is 0 Å². The molecule has 0 aromatic carbocycles. The van der Waals surface area contributed by atoms with Crippen LogP contribution in [0.4, 0.5) is 0 Å². The van der Waals surface area contributed by atoms with Crippen molar-refractivity contribution >= 4 is 24.2 Å². The van der Waals surface area contributed by atoms with Crippen LogP contribution in [0.1, 0.15) is 71.1 Å². The van der Waals surface area contributed by atoms with Gasteiger partial charge in [0.15, 0.2) is 0 Å². The molecule has 2 aliphatic carbocycles. The van der Waals surface area contributed by atoms with Crippen molar-refractivity contribution in [1.29, 1.82) is 0 Å². The summed E-state index contributed by atoms with van der Waals surface area (Å²) in [5, 5.41) is 9.42. The van der Waals surface area contributed by atoms with Gasteiger partial charge in [-0.3, -0.25) is 9.59 Å². The first-order valence-electron chi connectivity index (χ1n) is 9.96. The summed E-state index contributed by atoms with van der Waals surface area (Å²) < 4.78 is 0. The van der Waals surface area contributed by atoms with Crippen molar-refractivity contribution in [2.24, 2.45) is 11.8 Å². The zero-order chi connectivity index (χ0) is 17.2. The molecule has 0 heterocycles. The normalized spacial score (nSPS) is 24.2. The van der Waals surface area contributed by atoms with Gasteiger partial charge in [-0.1, -0.05) is 26.2 Å². The monoisotopic (exact) mass is 373 g/mol. The predicted octanol–water partition coefficient (Wildman–Crippen LogP) is 2.78. The van der Waals surface area contributed by atoms with Gasteiger partial charge in [0.1, 0.15) is 0 Å². The van der Waals surface area contributed by atoms with E-state index in [1.807, 2.05) is 0 Å². The maximum atomic E-state index is 12.2. The lowest BCUT2D eigenvalue weighted by Crippen LogP contribution is -2.42. The number of nitrogens with one attached hydrogen (secondary N) is 3. The van der Waals surface area contributed by atoms with Crippen molar-refractivity contribution in [2.45, 2.75) is 77.2 Å². The smallest absolute Gasteiger partial charge is 0.223 e. The first-order chi connectivity index (χ1) is 11.7. The minimum Gasteiger partial charge on any atom is -0.355 e. The van der Waals surface area contributed by atoms with Gasteiger partial charge in [0.05, 0.1) is 0 Å². The summed E-state index contributed by atoms with van der Waals surface area (Å²) in [4.78, 5) is 24.3. The largest absolute Gasteiger partial charge is 0.355 e. The van der Waals surface area contributed by atoms with Crippen molar-refractivity contribution in [3.05, 3.63) is 0 Å². The molecule has 3 N–H and O–H groups in total. The third kappa shape index (κ3) is 8.41. The second kappa shape index (κ2) is 12.5. The standard InChI is InChI=1S/C19H35N3O2.ClH/c1-2-20-12-13-21-19(24)16-8-10-17(11-9-16)22-18(23)14-15-6-4-3-5-7-15;/h15-17,20H,2-14H2,1H3,(H,21,24)(H,22,23);1H. The summed E-state index contributed by atoms with van der Waals surface area (Å²) in [6.07, 6.45) is 10.7. The Morgan fingerprint density at radius 1 is 0.920 bits per heavy atom. The molecule has 2 aliphatic rings. The lowest BCUT2D eigenvalue weighted by Gasteiger charge is -2.29. The molecule has 2 amide bonds. The van der Waals surface area contributed by atoms with Crippen LogP contribution < -0.4 is 16.0 Å². The van der Waals surface area contributed by atoms with Gasteiger partial charge in [0.25, 0.3) is 0 Å². The van der Waals surface area contributed by atoms with E-state index < -0.39 is 0 Å². The molecular weight excluding hydrogens is 338 g/mol. The summed E-state index contributed by atoms with van der Waals surface area (Å²) >= 11 is 0. The van der Waals surface area contributed by atoms with Crippen LogP contribution in [-0.4, -0.2) is 37.5 Å². The maximum Gasteiger partial charge on any atom is 0.223 e. The van der Waals surface area contributed by atoms with Gasteiger partial charge in [0.2, 0.25) is 11.8 Å². The van der Waals surface area contributed by atoms with Crippen LogP contribution >= 0.6 is 12.4 Å². The zero-order valence-corrected chi connectivity index (χ0v) is 16.5. The lowest BCUT2D eigenvalue weighted by atomic mass is 9.84. The van der Waals surface area contributed by atoms with Crippen LogP contribution in [0.25, 0.3) is 0 Å². The van der Waals surface area contributed by atoms with Gasteiger partial charge in [-0.25, -0.2) is 0 Å². The molecule has 0 spiro atoms. The van der Waals surface area contributed by atoms with Crippen molar-refractivity contribution in [1.82, 2.24) is 16.0 Å². The third-order valence-corrected chi connectivity index (χ3v) is 5.51. The van der Waals surface area contributed by atoms with Gasteiger partial charge in [-0.2, -0.15) is 0 Å². The van der Waals surface area contributed by atoms with Crippen molar-refractivity contribution in [3.63, 3.8) is 0 Å². The first kappa shape index (κ1) is 22.2. The predicted molar refractivity (Wildman–Crippen MR) is 104 cm³/mol. The second-order valence-electron chi connectivity index (χ2n) is 7.47. The average molecular weight is 374 g/mol. The molecule has 0 aromatic rings. The fourth-order valence-electron chi connectivity index (χ4n) is 4.04. The second-order valence-corrected chi connectivity index (χ2v) is 7.47. The number of hydrogen-bond acceptors (Lipinski definition) is 3. The highest BCUT2D eigenvalue weighted by molar-refractivity contribution is 5.85. The minimum atomic E-state index is 0. The minimum absolute atomic E-state index is 0. The molecule has 0 saturated heterocycles. The number of hydrogen-bond donors (Lipinski definition) is 3. The highest BCUT2D eigenvalue weighted by Crippen LogP contribution is 2.27. The molecule has 146 valence electrons. The Bertz CT molecular complexity index is 392. The quantitative estimate of drug-likeness (QED) is 0.573. The Labute approximate surface area is 158 Å². The summed E-state index contributed by atoms with van der Waals surface area (Å²) in [7, 11) is 0. The number of halogens is 1. The molecule has 25 heavy (non-hydrogen) atoms. The molecule has 0 atom stereocenters. The molecule has 0 bridgehead atoms. The van der Waals surface area contributed by atoms with Gasteiger partial charge < -0.3 is 16.0 Å². The van der Waals surface area contributed by atoms with E-state index >= 15 is 0 Å². The van der Waals surface area contributed by atoms with E-state index in [2.05, 4.69) is 22.9 Å². The van der Waals surface area contributed by atoms with Gasteiger partial charge in [0, 0.05) is 31.5 Å². The molecule has 0 aliphatic heterocycles. The van der Waals surface area contributed by atoms with E-state index in [-0.39, 0.29) is 36.2 Å². The lowest BCUT2D eigenvalue weighted by molar-refractivity contribution is -0.126. The van der Waals surface area contributed by atoms with Crippen molar-refractivity contribution in [3.8, 4) is 0 Å². The molecule has 2 fully saturated rings. The number of amides is 2. The van der Waals surface area contributed by atoms with Crippen LogP contribution in [0.15, 0.2) is 0 Å². The fraction of sp³-hybridized carbons (Fsp3) is 0.895. The Morgan fingerprint density at radius 3 is 2.24 bits per heavy atom. The summed E-state index contributed by atoms with van der Waals surface area (Å²) in [5.41, 5.74) is 0. The van der Waals surface area contributed by atoms with E-state index in [0.717, 1.165) is 38.8 Å². The van der Waals surface area contributed by atoms with Gasteiger partial charge in [-0.05, 0) is 51.0 Å². The molecular formula is C19H36ClN3O2. The average Bonchev–Trinajstić information content (AvgIpc) is 2.60. The number of carbonyl (C=O) groups excluding carboxylic acids is 2. The third-order valence-electron chi connectivity index (χ3n) is 5.51. The van der Waals surface area contributed by atoms with E-state index in [1.54, 1.807) is 0 Å². The highest BCUT2D eigenvalue weighted by Gasteiger charge is 2.27. The van der Waals surface area contributed by atoms with Gasteiger partial charge >= 0.3 is 0 Å². The van der Waals surface area contributed by atoms with Crippen LogP contribution in [-0.2, 0) is 9.59 Å². The van der Waals surface area contributed by atoms with Crippen LogP contribution in [0.3, 0.4) is 0 Å². The van der Waals surface area contributed by atoms with Crippen molar-refractivity contribution in [2.75, 3.05) is 19.6 Å². The van der Waals surface area contributed by atoms with E-state index in [0.29, 0.717) is 18.9 Å². The molecule has 2 saturated carbocycles.